The molecule has 1 N–H and O–H groups in total. The van der Waals surface area contributed by atoms with E-state index in [0.717, 1.165) is 56.9 Å². The van der Waals surface area contributed by atoms with Crippen LogP contribution in [0.1, 0.15) is 63.2 Å². The fraction of sp³-hybridized carbons (Fsp3) is 0.613. The maximum absolute atomic E-state index is 14.4. The van der Waals surface area contributed by atoms with Gasteiger partial charge in [0.1, 0.15) is 17.8 Å². The van der Waals surface area contributed by atoms with E-state index in [0.29, 0.717) is 48.1 Å². The number of nitrogens with zero attached hydrogens (tertiary/aromatic N) is 6. The van der Waals surface area contributed by atoms with Crippen LogP contribution in [-0.2, 0) is 4.79 Å². The second-order valence-corrected chi connectivity index (χ2v) is 12.4. The van der Waals surface area contributed by atoms with Gasteiger partial charge in [-0.2, -0.15) is 0 Å². The number of benzene rings is 1. The number of amides is 2. The lowest BCUT2D eigenvalue weighted by atomic mass is 9.93. The second-order valence-electron chi connectivity index (χ2n) is 12.4. The number of aromatic nitrogens is 2. The highest BCUT2D eigenvalue weighted by molar-refractivity contribution is 6.01. The molecule has 3 aliphatic heterocycles. The van der Waals surface area contributed by atoms with Gasteiger partial charge in [0.15, 0.2) is 5.82 Å². The van der Waals surface area contributed by atoms with E-state index in [2.05, 4.69) is 30.0 Å². The Balaban J connectivity index is 1.15. The number of hydrogen-bond acceptors (Lipinski definition) is 7. The zero-order valence-corrected chi connectivity index (χ0v) is 24.4. The van der Waals surface area contributed by atoms with Crippen LogP contribution in [0.2, 0.25) is 0 Å². The summed E-state index contributed by atoms with van der Waals surface area (Å²) in [6.45, 7) is 10.3. The molecule has 4 heterocycles. The van der Waals surface area contributed by atoms with Crippen LogP contribution in [0, 0.1) is 17.7 Å². The van der Waals surface area contributed by atoms with Gasteiger partial charge in [0.05, 0.1) is 23.5 Å². The number of rotatable bonds is 7. The lowest BCUT2D eigenvalue weighted by Crippen LogP contribution is -2.52. The molecular weight excluding hydrogens is 521 g/mol. The van der Waals surface area contributed by atoms with Crippen molar-refractivity contribution in [3.63, 3.8) is 0 Å². The van der Waals surface area contributed by atoms with Gasteiger partial charge in [-0.25, -0.2) is 14.4 Å². The van der Waals surface area contributed by atoms with E-state index in [4.69, 9.17) is 0 Å². The third kappa shape index (κ3) is 5.38. The summed E-state index contributed by atoms with van der Waals surface area (Å²) in [5.74, 6) is 1.50. The molecule has 9 nitrogen and oxygen atoms in total. The number of fused-ring (bicyclic) bond motifs is 3. The molecule has 6 rings (SSSR count). The molecule has 2 aromatic rings. The summed E-state index contributed by atoms with van der Waals surface area (Å²) in [6.07, 6.45) is 8.85. The SMILES string of the molecule is CCN(C(=O)c1cc(F)ccc1N1CCN(CC2CCN(C(=O)C3NC4CCC3C4)CC2)c2ncncc21)C(C)C. The Morgan fingerprint density at radius 2 is 1.90 bits per heavy atom. The number of hydrogen-bond donors (Lipinski definition) is 1. The van der Waals surface area contributed by atoms with E-state index in [1.54, 1.807) is 23.5 Å². The Morgan fingerprint density at radius 3 is 2.59 bits per heavy atom. The van der Waals surface area contributed by atoms with Gasteiger partial charge in [0.2, 0.25) is 5.91 Å². The molecule has 4 aliphatic rings. The van der Waals surface area contributed by atoms with E-state index >= 15 is 0 Å². The smallest absolute Gasteiger partial charge is 0.256 e. The summed E-state index contributed by atoms with van der Waals surface area (Å²) in [6, 6.07) is 5.02. The molecule has 10 heteroatoms. The van der Waals surface area contributed by atoms with Crippen molar-refractivity contribution < 1.29 is 14.0 Å². The highest BCUT2D eigenvalue weighted by atomic mass is 19.1. The van der Waals surface area contributed by atoms with Crippen LogP contribution in [-0.4, -0.2) is 89.0 Å². The summed E-state index contributed by atoms with van der Waals surface area (Å²) >= 11 is 0. The van der Waals surface area contributed by atoms with Crippen molar-refractivity contribution in [2.75, 3.05) is 49.1 Å². The zero-order chi connectivity index (χ0) is 28.7. The summed E-state index contributed by atoms with van der Waals surface area (Å²) < 4.78 is 14.4. The number of nitrogens with one attached hydrogen (secondary N) is 1. The Bertz CT molecular complexity index is 1280. The van der Waals surface area contributed by atoms with E-state index in [1.807, 2.05) is 20.8 Å². The molecule has 2 amide bonds. The molecular formula is C31H42FN7O2. The zero-order valence-electron chi connectivity index (χ0n) is 24.4. The van der Waals surface area contributed by atoms with Gasteiger partial charge in [-0.1, -0.05) is 0 Å². The molecule has 1 aromatic heterocycles. The highest BCUT2D eigenvalue weighted by Crippen LogP contribution is 2.39. The van der Waals surface area contributed by atoms with Crippen molar-refractivity contribution in [3.05, 3.63) is 42.1 Å². The molecule has 2 saturated heterocycles. The number of halogens is 1. The molecule has 3 fully saturated rings. The molecule has 0 spiro atoms. The van der Waals surface area contributed by atoms with Crippen LogP contribution in [0.5, 0.6) is 0 Å². The minimum Gasteiger partial charge on any atom is -0.353 e. The lowest BCUT2D eigenvalue weighted by molar-refractivity contribution is -0.135. The minimum absolute atomic E-state index is 0.00217. The largest absolute Gasteiger partial charge is 0.353 e. The molecule has 3 unspecified atom stereocenters. The van der Waals surface area contributed by atoms with Gasteiger partial charge in [0, 0.05) is 51.4 Å². The maximum Gasteiger partial charge on any atom is 0.256 e. The molecule has 1 aliphatic carbocycles. The molecule has 220 valence electrons. The first-order valence-electron chi connectivity index (χ1n) is 15.3. The first kappa shape index (κ1) is 27.9. The van der Waals surface area contributed by atoms with E-state index in [-0.39, 0.29) is 18.0 Å². The number of carbonyl (C=O) groups is 2. The summed E-state index contributed by atoms with van der Waals surface area (Å²) in [4.78, 5) is 43.9. The average Bonchev–Trinajstić information content (AvgIpc) is 3.62. The maximum atomic E-state index is 14.4. The molecule has 0 radical (unpaired) electrons. The highest BCUT2D eigenvalue weighted by Gasteiger charge is 2.44. The fourth-order valence-electron chi connectivity index (χ4n) is 7.42. The first-order valence-corrected chi connectivity index (χ1v) is 15.3. The van der Waals surface area contributed by atoms with Crippen LogP contribution < -0.4 is 15.1 Å². The van der Waals surface area contributed by atoms with Crippen LogP contribution >= 0.6 is 0 Å². The lowest BCUT2D eigenvalue weighted by Gasteiger charge is -2.41. The Labute approximate surface area is 242 Å². The average molecular weight is 564 g/mol. The van der Waals surface area contributed by atoms with Crippen LogP contribution in [0.25, 0.3) is 0 Å². The van der Waals surface area contributed by atoms with Gasteiger partial charge in [-0.05, 0) is 82.9 Å². The van der Waals surface area contributed by atoms with Crippen molar-refractivity contribution in [2.24, 2.45) is 11.8 Å². The number of carbonyl (C=O) groups excluding carboxylic acids is 2. The number of anilines is 3. The quantitative estimate of drug-likeness (QED) is 0.548. The van der Waals surface area contributed by atoms with Gasteiger partial charge in [-0.3, -0.25) is 9.59 Å². The molecule has 2 bridgehead atoms. The Morgan fingerprint density at radius 1 is 1.10 bits per heavy atom. The number of piperidine rings is 2. The predicted molar refractivity (Wildman–Crippen MR) is 157 cm³/mol. The molecule has 41 heavy (non-hydrogen) atoms. The molecule has 1 aromatic carbocycles. The summed E-state index contributed by atoms with van der Waals surface area (Å²) in [7, 11) is 0. The minimum atomic E-state index is -0.430. The first-order chi connectivity index (χ1) is 19.8. The van der Waals surface area contributed by atoms with Gasteiger partial charge < -0.3 is 24.9 Å². The number of likely N-dealkylation sites (tertiary alicyclic amines) is 1. The van der Waals surface area contributed by atoms with Gasteiger partial charge in [-0.15, -0.1) is 0 Å². The Kier molecular flexibility index (Phi) is 7.85. The summed E-state index contributed by atoms with van der Waals surface area (Å²) in [5.41, 5.74) is 1.85. The Hall–Kier alpha value is -3.27. The normalized spacial score (nSPS) is 24.2. The second kappa shape index (κ2) is 11.5. The fourth-order valence-corrected chi connectivity index (χ4v) is 7.42. The molecule has 1 saturated carbocycles. The summed E-state index contributed by atoms with van der Waals surface area (Å²) in [5, 5.41) is 3.56. The monoisotopic (exact) mass is 563 g/mol. The van der Waals surface area contributed by atoms with Gasteiger partial charge in [0.25, 0.3) is 5.91 Å². The van der Waals surface area contributed by atoms with Crippen molar-refractivity contribution in [3.8, 4) is 0 Å². The molecule has 3 atom stereocenters. The van der Waals surface area contributed by atoms with E-state index < -0.39 is 5.82 Å². The third-order valence-corrected chi connectivity index (χ3v) is 9.59. The van der Waals surface area contributed by atoms with Crippen molar-refractivity contribution in [1.82, 2.24) is 25.1 Å². The third-order valence-electron chi connectivity index (χ3n) is 9.59. The van der Waals surface area contributed by atoms with Crippen LogP contribution in [0.3, 0.4) is 0 Å². The van der Waals surface area contributed by atoms with Crippen LogP contribution in [0.4, 0.5) is 21.6 Å². The van der Waals surface area contributed by atoms with Crippen molar-refractivity contribution in [1.29, 1.82) is 0 Å². The van der Waals surface area contributed by atoms with E-state index in [9.17, 15) is 14.0 Å². The van der Waals surface area contributed by atoms with Crippen LogP contribution in [0.15, 0.2) is 30.7 Å². The van der Waals surface area contributed by atoms with Gasteiger partial charge >= 0.3 is 0 Å². The topological polar surface area (TPSA) is 84.9 Å². The van der Waals surface area contributed by atoms with E-state index in [1.165, 1.54) is 25.0 Å². The van der Waals surface area contributed by atoms with Crippen molar-refractivity contribution in [2.45, 2.75) is 71.0 Å². The van der Waals surface area contributed by atoms with Crippen molar-refractivity contribution >= 4 is 29.0 Å². The predicted octanol–water partition coefficient (Wildman–Crippen LogP) is 3.82. The standard InChI is InChI=1S/C31H42FN7O2/c1-4-38(20(2)3)30(40)25-16-23(32)6-8-26(25)39-14-13-37(29-27(39)17-33-19-34-29)18-21-9-11-36(12-10-21)31(41)28-22-5-7-24(15-22)35-28/h6,8,16-17,19-22,24,28,35H,4-5,7,9-15,18H2,1-3H3.